The standard InChI is InChI=1S/C30H34F2IN9O/c1-20(40-10-12-42(13-11-40)28(43)17-30(31,32)18-33)21-6-7-34-26(15-21)39-29-37-23-5-4-22(14-25(23)38-29)24-16-27(36-19-35-24)41-8-2-3-9-41/h4-7,14-16,19-20H,2-3,8-13,17-18H2,1H3,(H2,34,37,38,39). The second-order valence-corrected chi connectivity index (χ2v) is 11.9. The molecule has 2 aliphatic heterocycles. The number of rotatable bonds is 9. The van der Waals surface area contributed by atoms with Crippen LogP contribution < -0.4 is 10.2 Å². The number of benzene rings is 1. The van der Waals surface area contributed by atoms with E-state index in [1.54, 1.807) is 40.0 Å². The van der Waals surface area contributed by atoms with Crippen LogP contribution in [0.15, 0.2) is 48.9 Å². The van der Waals surface area contributed by atoms with Gasteiger partial charge < -0.3 is 20.1 Å². The second kappa shape index (κ2) is 12.6. The van der Waals surface area contributed by atoms with Gasteiger partial charge in [-0.05, 0) is 49.6 Å². The monoisotopic (exact) mass is 701 g/mol. The Hall–Kier alpha value is -3.46. The van der Waals surface area contributed by atoms with Crippen molar-refractivity contribution < 1.29 is 13.6 Å². The number of nitrogens with one attached hydrogen (secondary N) is 2. The van der Waals surface area contributed by atoms with Gasteiger partial charge in [0.25, 0.3) is 5.92 Å². The van der Waals surface area contributed by atoms with Gasteiger partial charge in [0.2, 0.25) is 11.9 Å². The smallest absolute Gasteiger partial charge is 0.265 e. The molecule has 0 aliphatic carbocycles. The lowest BCUT2D eigenvalue weighted by Gasteiger charge is -2.38. The van der Waals surface area contributed by atoms with Gasteiger partial charge >= 0.3 is 0 Å². The minimum Gasteiger partial charge on any atom is -0.357 e. The Morgan fingerprint density at radius 3 is 2.60 bits per heavy atom. The van der Waals surface area contributed by atoms with E-state index in [0.29, 0.717) is 37.9 Å². The number of nitrogens with zero attached hydrogens (tertiary/aromatic N) is 7. The van der Waals surface area contributed by atoms with Crippen LogP contribution in [0.1, 0.15) is 37.8 Å². The van der Waals surface area contributed by atoms with Gasteiger partial charge in [-0.2, -0.15) is 0 Å². The Labute approximate surface area is 262 Å². The van der Waals surface area contributed by atoms with Crippen LogP contribution in [-0.2, 0) is 4.79 Å². The van der Waals surface area contributed by atoms with E-state index in [1.165, 1.54) is 12.8 Å². The van der Waals surface area contributed by atoms with Gasteiger partial charge in [-0.15, -0.1) is 0 Å². The van der Waals surface area contributed by atoms with Gasteiger partial charge in [0.15, 0.2) is 0 Å². The summed E-state index contributed by atoms with van der Waals surface area (Å²) in [5.74, 6) is -1.24. The van der Waals surface area contributed by atoms with Crippen molar-refractivity contribution in [1.29, 1.82) is 0 Å². The number of aromatic nitrogens is 5. The van der Waals surface area contributed by atoms with Crippen LogP contribution in [0.2, 0.25) is 0 Å². The summed E-state index contributed by atoms with van der Waals surface area (Å²) < 4.78 is 27.0. The number of hydrogen-bond donors (Lipinski definition) is 2. The molecule has 0 bridgehead atoms. The Kier molecular flexibility index (Phi) is 8.71. The number of carbonyl (C=O) groups excluding carboxylic acids is 1. The van der Waals surface area contributed by atoms with Crippen molar-refractivity contribution >= 4 is 57.1 Å². The van der Waals surface area contributed by atoms with Crippen LogP contribution in [0.5, 0.6) is 0 Å². The molecule has 0 saturated carbocycles. The van der Waals surface area contributed by atoms with Crippen molar-refractivity contribution in [3.63, 3.8) is 0 Å². The van der Waals surface area contributed by atoms with Crippen molar-refractivity contribution in [2.75, 3.05) is 53.9 Å². The van der Waals surface area contributed by atoms with Crippen LogP contribution in [-0.4, -0.2) is 90.2 Å². The maximum atomic E-state index is 13.7. The number of hydrogen-bond acceptors (Lipinski definition) is 8. The van der Waals surface area contributed by atoms with Gasteiger partial charge in [0.05, 0.1) is 27.6 Å². The van der Waals surface area contributed by atoms with Crippen molar-refractivity contribution in [3.05, 3.63) is 54.5 Å². The molecule has 10 nitrogen and oxygen atoms in total. The molecule has 2 N–H and O–H groups in total. The molecule has 0 spiro atoms. The maximum Gasteiger partial charge on any atom is 0.265 e. The van der Waals surface area contributed by atoms with E-state index < -0.39 is 18.3 Å². The first-order valence-corrected chi connectivity index (χ1v) is 16.1. The molecule has 1 atom stereocenters. The van der Waals surface area contributed by atoms with Crippen molar-refractivity contribution in [2.24, 2.45) is 0 Å². The molecule has 2 aliphatic rings. The van der Waals surface area contributed by atoms with Gasteiger partial charge in [-0.1, -0.05) is 28.7 Å². The van der Waals surface area contributed by atoms with Gasteiger partial charge in [0, 0.05) is 63.1 Å². The highest BCUT2D eigenvalue weighted by molar-refractivity contribution is 14.1. The average Bonchev–Trinajstić information content (AvgIpc) is 3.71. The third kappa shape index (κ3) is 6.87. The summed E-state index contributed by atoms with van der Waals surface area (Å²) in [5, 5.41) is 3.29. The Bertz CT molecular complexity index is 1580. The fourth-order valence-corrected chi connectivity index (χ4v) is 5.97. The summed E-state index contributed by atoms with van der Waals surface area (Å²) in [6.45, 7) is 6.26. The molecule has 13 heteroatoms. The molecule has 4 aromatic rings. The summed E-state index contributed by atoms with van der Waals surface area (Å²) in [6.07, 6.45) is 5.04. The molecule has 2 saturated heterocycles. The van der Waals surface area contributed by atoms with Gasteiger partial charge in [-0.25, -0.2) is 28.7 Å². The van der Waals surface area contributed by atoms with Crippen LogP contribution >= 0.6 is 22.6 Å². The molecular weight excluding hydrogens is 667 g/mol. The number of halogens is 3. The predicted octanol–water partition coefficient (Wildman–Crippen LogP) is 5.42. The zero-order valence-corrected chi connectivity index (χ0v) is 26.1. The lowest BCUT2D eigenvalue weighted by Crippen LogP contribution is -2.50. The largest absolute Gasteiger partial charge is 0.357 e. The van der Waals surface area contributed by atoms with Crippen LogP contribution in [0.3, 0.4) is 0 Å². The first-order valence-electron chi connectivity index (χ1n) is 14.5. The molecule has 6 rings (SSSR count). The highest BCUT2D eigenvalue weighted by Gasteiger charge is 2.34. The molecule has 0 radical (unpaired) electrons. The summed E-state index contributed by atoms with van der Waals surface area (Å²) in [4.78, 5) is 40.0. The number of amides is 1. The number of imidazole rings is 1. The minimum atomic E-state index is -2.96. The van der Waals surface area contributed by atoms with E-state index >= 15 is 0 Å². The molecule has 226 valence electrons. The number of pyridine rings is 1. The molecule has 5 heterocycles. The average molecular weight is 702 g/mol. The summed E-state index contributed by atoms with van der Waals surface area (Å²) in [7, 11) is 0. The zero-order valence-electron chi connectivity index (χ0n) is 23.9. The van der Waals surface area contributed by atoms with Crippen molar-refractivity contribution in [2.45, 2.75) is 38.2 Å². The normalized spacial score (nSPS) is 17.0. The van der Waals surface area contributed by atoms with E-state index in [2.05, 4.69) is 42.0 Å². The van der Waals surface area contributed by atoms with E-state index in [-0.39, 0.29) is 10.5 Å². The summed E-state index contributed by atoms with van der Waals surface area (Å²) >= 11 is 1.62. The molecule has 2 fully saturated rings. The summed E-state index contributed by atoms with van der Waals surface area (Å²) in [5.41, 5.74) is 4.63. The predicted molar refractivity (Wildman–Crippen MR) is 171 cm³/mol. The molecule has 43 heavy (non-hydrogen) atoms. The van der Waals surface area contributed by atoms with Crippen LogP contribution in [0, 0.1) is 0 Å². The quantitative estimate of drug-likeness (QED) is 0.176. The van der Waals surface area contributed by atoms with Gasteiger partial charge in [0.1, 0.15) is 18.0 Å². The lowest BCUT2D eigenvalue weighted by molar-refractivity contribution is -0.139. The van der Waals surface area contributed by atoms with E-state index in [9.17, 15) is 13.6 Å². The Morgan fingerprint density at radius 2 is 1.84 bits per heavy atom. The highest BCUT2D eigenvalue weighted by Crippen LogP contribution is 2.29. The lowest BCUT2D eigenvalue weighted by atomic mass is 10.1. The van der Waals surface area contributed by atoms with Gasteiger partial charge in [-0.3, -0.25) is 9.69 Å². The van der Waals surface area contributed by atoms with E-state index in [4.69, 9.17) is 4.98 Å². The SMILES string of the molecule is CC(c1ccnc(Nc2nc3ccc(-c4cc(N5CCCC5)ncn4)cc3[nH]2)c1)N1CCN(C(=O)CC(F)(F)CI)CC1. The highest BCUT2D eigenvalue weighted by atomic mass is 127. The molecule has 1 aromatic carbocycles. The fraction of sp³-hybridized carbons (Fsp3) is 0.433. The number of fused-ring (bicyclic) bond motifs is 1. The topological polar surface area (TPSA) is 106 Å². The molecular formula is C30H34F2IN9O. The number of aromatic amines is 1. The van der Waals surface area contributed by atoms with E-state index in [1.807, 2.05) is 36.4 Å². The number of alkyl halides is 3. The third-order valence-corrected chi connectivity index (χ3v) is 9.31. The molecule has 3 aromatic heterocycles. The Morgan fingerprint density at radius 1 is 1.05 bits per heavy atom. The first-order chi connectivity index (χ1) is 20.8. The number of anilines is 3. The molecule has 1 amide bonds. The van der Waals surface area contributed by atoms with E-state index in [0.717, 1.165) is 46.8 Å². The van der Waals surface area contributed by atoms with Crippen LogP contribution in [0.25, 0.3) is 22.3 Å². The number of H-pyrrole nitrogens is 1. The minimum absolute atomic E-state index is 0.0631. The van der Waals surface area contributed by atoms with Crippen molar-refractivity contribution in [1.82, 2.24) is 34.7 Å². The third-order valence-electron chi connectivity index (χ3n) is 8.19. The van der Waals surface area contributed by atoms with Crippen LogP contribution in [0.4, 0.5) is 26.4 Å². The molecule has 1 unspecified atom stereocenters. The Balaban J connectivity index is 1.10. The summed E-state index contributed by atoms with van der Waals surface area (Å²) in [6, 6.07) is 12.1. The van der Waals surface area contributed by atoms with Crippen molar-refractivity contribution in [3.8, 4) is 11.3 Å². The zero-order chi connectivity index (χ0) is 30.0. The second-order valence-electron chi connectivity index (χ2n) is 11.1. The fourth-order valence-electron chi connectivity index (χ4n) is 5.70. The number of piperazine rings is 1. The number of carbonyl (C=O) groups is 1. The maximum absolute atomic E-state index is 13.7. The first kappa shape index (κ1) is 29.6.